The molecule has 5 heteroatoms. The number of anilines is 1. The molecule has 0 bridgehead atoms. The summed E-state index contributed by atoms with van der Waals surface area (Å²) in [4.78, 5) is 20.1. The Morgan fingerprint density at radius 3 is 2.62 bits per heavy atom. The molecule has 130 valence electrons. The van der Waals surface area contributed by atoms with Gasteiger partial charge in [0, 0.05) is 27.7 Å². The molecule has 0 fully saturated rings. The highest BCUT2D eigenvalue weighted by Crippen LogP contribution is 2.37. The van der Waals surface area contributed by atoms with Crippen molar-refractivity contribution in [3.8, 4) is 0 Å². The summed E-state index contributed by atoms with van der Waals surface area (Å²) in [5.74, 6) is -0.0169. The lowest BCUT2D eigenvalue weighted by Gasteiger charge is -2.20. The number of hydrogen-bond acceptors (Lipinski definition) is 3. The van der Waals surface area contributed by atoms with Gasteiger partial charge in [-0.15, -0.1) is 11.3 Å². The molecular weight excluding hydrogens is 364 g/mol. The number of thiophene rings is 1. The minimum atomic E-state index is -0.0169. The Morgan fingerprint density at radius 2 is 1.88 bits per heavy atom. The smallest absolute Gasteiger partial charge is 0.268 e. The first-order valence-electron chi connectivity index (χ1n) is 8.45. The Morgan fingerprint density at radius 1 is 1.12 bits per heavy atom. The van der Waals surface area contributed by atoms with E-state index in [0.29, 0.717) is 16.6 Å². The van der Waals surface area contributed by atoms with E-state index >= 15 is 0 Å². The van der Waals surface area contributed by atoms with Gasteiger partial charge in [-0.3, -0.25) is 4.79 Å². The highest BCUT2D eigenvalue weighted by molar-refractivity contribution is 7.22. The molecule has 0 aliphatic heterocycles. The second-order valence-corrected chi connectivity index (χ2v) is 7.57. The predicted molar refractivity (Wildman–Crippen MR) is 111 cm³/mol. The second-order valence-electron chi connectivity index (χ2n) is 6.16. The van der Waals surface area contributed by atoms with E-state index in [1.54, 1.807) is 4.90 Å². The molecule has 0 atom stereocenters. The van der Waals surface area contributed by atoms with Gasteiger partial charge in [0.15, 0.2) is 0 Å². The number of pyridine rings is 1. The summed E-state index contributed by atoms with van der Waals surface area (Å²) in [6.07, 6.45) is 0. The van der Waals surface area contributed by atoms with Crippen LogP contribution in [0.2, 0.25) is 5.15 Å². The van der Waals surface area contributed by atoms with Gasteiger partial charge in [-0.05, 0) is 44.2 Å². The van der Waals surface area contributed by atoms with Gasteiger partial charge >= 0.3 is 0 Å². The summed E-state index contributed by atoms with van der Waals surface area (Å²) in [5.41, 5.74) is 2.90. The van der Waals surface area contributed by atoms with Gasteiger partial charge in [-0.1, -0.05) is 41.4 Å². The fraction of sp³-hybridized carbons (Fsp3) is 0.143. The molecule has 2 aromatic carbocycles. The standard InChI is InChI=1S/C21H17ClN2OS/c1-3-24(14-7-5-4-6-8-14)21(25)18-12-16-19(26-18)15-11-13(2)9-10-17(15)23-20(16)22/h4-12H,3H2,1-2H3. The average Bonchev–Trinajstić information content (AvgIpc) is 3.10. The second kappa shape index (κ2) is 6.71. The molecule has 2 aromatic heterocycles. The number of nitrogens with zero attached hydrogens (tertiary/aromatic N) is 2. The summed E-state index contributed by atoms with van der Waals surface area (Å²) in [6.45, 7) is 4.63. The average molecular weight is 381 g/mol. The van der Waals surface area contributed by atoms with Crippen LogP contribution in [0.25, 0.3) is 21.0 Å². The van der Waals surface area contributed by atoms with Crippen LogP contribution in [0.5, 0.6) is 0 Å². The van der Waals surface area contributed by atoms with Crippen molar-refractivity contribution in [3.63, 3.8) is 0 Å². The van der Waals surface area contributed by atoms with Gasteiger partial charge in [0.2, 0.25) is 0 Å². The Labute approximate surface area is 160 Å². The zero-order chi connectivity index (χ0) is 18.3. The molecule has 3 nitrogen and oxygen atoms in total. The molecule has 26 heavy (non-hydrogen) atoms. The largest absolute Gasteiger partial charge is 0.308 e. The number of para-hydroxylation sites is 1. The van der Waals surface area contributed by atoms with E-state index in [-0.39, 0.29) is 5.91 Å². The molecule has 0 unspecified atom stereocenters. The molecule has 0 aliphatic carbocycles. The summed E-state index contributed by atoms with van der Waals surface area (Å²) in [7, 11) is 0. The number of hydrogen-bond donors (Lipinski definition) is 0. The van der Waals surface area contributed by atoms with Gasteiger partial charge in [0.05, 0.1) is 10.4 Å². The van der Waals surface area contributed by atoms with E-state index in [4.69, 9.17) is 11.6 Å². The van der Waals surface area contributed by atoms with Crippen molar-refractivity contribution < 1.29 is 4.79 Å². The summed E-state index contributed by atoms with van der Waals surface area (Å²) >= 11 is 7.88. The van der Waals surface area contributed by atoms with Crippen LogP contribution in [0.1, 0.15) is 22.2 Å². The predicted octanol–water partition coefficient (Wildman–Crippen LogP) is 6.08. The van der Waals surface area contributed by atoms with Gasteiger partial charge in [0.1, 0.15) is 5.15 Å². The molecule has 0 radical (unpaired) electrons. The zero-order valence-electron chi connectivity index (χ0n) is 14.5. The lowest BCUT2D eigenvalue weighted by atomic mass is 10.1. The van der Waals surface area contributed by atoms with Crippen molar-refractivity contribution in [1.29, 1.82) is 0 Å². The monoisotopic (exact) mass is 380 g/mol. The first kappa shape index (κ1) is 17.0. The first-order chi connectivity index (χ1) is 12.6. The number of halogens is 1. The molecule has 1 amide bonds. The van der Waals surface area contributed by atoms with E-state index in [9.17, 15) is 4.79 Å². The van der Waals surface area contributed by atoms with E-state index in [0.717, 1.165) is 32.2 Å². The number of aromatic nitrogens is 1. The SMILES string of the molecule is CCN(C(=O)c1cc2c(Cl)nc3ccc(C)cc3c2s1)c1ccccc1. The van der Waals surface area contributed by atoms with Gasteiger partial charge in [-0.2, -0.15) is 0 Å². The van der Waals surface area contributed by atoms with E-state index < -0.39 is 0 Å². The normalized spacial score (nSPS) is 11.2. The highest BCUT2D eigenvalue weighted by atomic mass is 35.5. The van der Waals surface area contributed by atoms with Crippen molar-refractivity contribution in [2.75, 3.05) is 11.4 Å². The Hall–Kier alpha value is -2.43. The van der Waals surface area contributed by atoms with Crippen LogP contribution >= 0.6 is 22.9 Å². The Bertz CT molecular complexity index is 1120. The van der Waals surface area contributed by atoms with Crippen molar-refractivity contribution >= 4 is 55.5 Å². The van der Waals surface area contributed by atoms with Crippen LogP contribution in [0.3, 0.4) is 0 Å². The van der Waals surface area contributed by atoms with Gasteiger partial charge < -0.3 is 4.90 Å². The van der Waals surface area contributed by atoms with E-state index in [2.05, 4.69) is 11.1 Å². The third kappa shape index (κ3) is 2.85. The number of rotatable bonds is 3. The molecule has 0 saturated carbocycles. The molecule has 4 aromatic rings. The first-order valence-corrected chi connectivity index (χ1v) is 9.64. The van der Waals surface area contributed by atoms with Gasteiger partial charge in [0.25, 0.3) is 5.91 Å². The molecule has 0 aliphatic rings. The lowest BCUT2D eigenvalue weighted by molar-refractivity contribution is 0.0992. The van der Waals surface area contributed by atoms with Gasteiger partial charge in [-0.25, -0.2) is 4.98 Å². The van der Waals surface area contributed by atoms with E-state index in [1.165, 1.54) is 11.3 Å². The fourth-order valence-corrected chi connectivity index (χ4v) is 4.56. The summed E-state index contributed by atoms with van der Waals surface area (Å²) in [6, 6.07) is 17.7. The zero-order valence-corrected chi connectivity index (χ0v) is 16.1. The number of aryl methyl sites for hydroxylation is 1. The van der Waals surface area contributed by atoms with Crippen LogP contribution < -0.4 is 4.90 Å². The quantitative estimate of drug-likeness (QED) is 0.403. The fourth-order valence-electron chi connectivity index (χ4n) is 3.13. The molecule has 0 saturated heterocycles. The van der Waals surface area contributed by atoms with Crippen molar-refractivity contribution in [1.82, 2.24) is 4.98 Å². The summed E-state index contributed by atoms with van der Waals surface area (Å²) in [5, 5.41) is 2.31. The molecule has 4 rings (SSSR count). The third-order valence-electron chi connectivity index (χ3n) is 4.41. The minimum absolute atomic E-state index is 0.0169. The number of fused-ring (bicyclic) bond motifs is 3. The number of amides is 1. The minimum Gasteiger partial charge on any atom is -0.308 e. The number of carbonyl (C=O) groups excluding carboxylic acids is 1. The van der Waals surface area contributed by atoms with Crippen LogP contribution in [0.15, 0.2) is 54.6 Å². The van der Waals surface area contributed by atoms with E-state index in [1.807, 2.05) is 62.4 Å². The molecule has 0 N–H and O–H groups in total. The number of carbonyl (C=O) groups is 1. The molecule has 0 spiro atoms. The highest BCUT2D eigenvalue weighted by Gasteiger charge is 2.20. The number of benzene rings is 2. The Kier molecular flexibility index (Phi) is 4.39. The summed E-state index contributed by atoms with van der Waals surface area (Å²) < 4.78 is 1.01. The van der Waals surface area contributed by atoms with Crippen molar-refractivity contribution in [3.05, 3.63) is 70.2 Å². The maximum absolute atomic E-state index is 13.1. The maximum atomic E-state index is 13.1. The maximum Gasteiger partial charge on any atom is 0.268 e. The molecule has 2 heterocycles. The van der Waals surface area contributed by atoms with Crippen LogP contribution in [-0.4, -0.2) is 17.4 Å². The van der Waals surface area contributed by atoms with Crippen molar-refractivity contribution in [2.24, 2.45) is 0 Å². The van der Waals surface area contributed by atoms with Crippen molar-refractivity contribution in [2.45, 2.75) is 13.8 Å². The molecular formula is C21H17ClN2OS. The topological polar surface area (TPSA) is 33.2 Å². The van der Waals surface area contributed by atoms with Crippen LogP contribution in [-0.2, 0) is 0 Å². The van der Waals surface area contributed by atoms with Crippen LogP contribution in [0.4, 0.5) is 5.69 Å². The Balaban J connectivity index is 1.87. The lowest BCUT2D eigenvalue weighted by Crippen LogP contribution is -2.29. The third-order valence-corrected chi connectivity index (χ3v) is 5.85. The van der Waals surface area contributed by atoms with Crippen LogP contribution in [0, 0.1) is 6.92 Å².